The molecule has 0 atom stereocenters. The number of hydrogen-bond donors (Lipinski definition) is 1. The van der Waals surface area contributed by atoms with Gasteiger partial charge in [-0.3, -0.25) is 0 Å². The van der Waals surface area contributed by atoms with Gasteiger partial charge in [-0.1, -0.05) is 35.9 Å². The van der Waals surface area contributed by atoms with E-state index in [1.54, 1.807) is 0 Å². The van der Waals surface area contributed by atoms with Crippen LogP contribution in [0.5, 0.6) is 0 Å². The van der Waals surface area contributed by atoms with E-state index in [0.29, 0.717) is 6.04 Å². The highest BCUT2D eigenvalue weighted by molar-refractivity contribution is 6.30. The van der Waals surface area contributed by atoms with E-state index in [4.69, 9.17) is 11.6 Å². The van der Waals surface area contributed by atoms with Gasteiger partial charge in [-0.25, -0.2) is 0 Å². The number of halogens is 1. The Labute approximate surface area is 89.8 Å². The maximum Gasteiger partial charge on any atom is 0.0409 e. The second-order valence-electron chi connectivity index (χ2n) is 3.65. The normalized spacial score (nSPS) is 16.4. The van der Waals surface area contributed by atoms with Crippen LogP contribution in [0.1, 0.15) is 18.4 Å². The molecule has 1 aromatic carbocycles. The van der Waals surface area contributed by atoms with Crippen molar-refractivity contribution in [2.45, 2.75) is 25.4 Å². The smallest absolute Gasteiger partial charge is 0.0409 e. The summed E-state index contributed by atoms with van der Waals surface area (Å²) in [5, 5.41) is 4.32. The average Bonchev–Trinajstić information content (AvgIpc) is 2.67. The summed E-state index contributed by atoms with van der Waals surface area (Å²) >= 11 is 5.90. The van der Waals surface area contributed by atoms with E-state index in [0.717, 1.165) is 24.4 Å². The fraction of sp³-hybridized carbons (Fsp3) is 0.333. The second-order valence-corrected chi connectivity index (χ2v) is 4.09. The predicted molar refractivity (Wildman–Crippen MR) is 60.5 cm³/mol. The van der Waals surface area contributed by atoms with Gasteiger partial charge in [0.15, 0.2) is 0 Å². The van der Waals surface area contributed by atoms with Crippen LogP contribution in [-0.2, 0) is 6.54 Å². The van der Waals surface area contributed by atoms with Gasteiger partial charge in [-0.05, 0) is 30.5 Å². The number of nitrogens with one attached hydrogen (secondary N) is 1. The minimum absolute atomic E-state index is 0.619. The monoisotopic (exact) mass is 207 g/mol. The molecule has 0 spiro atoms. The molecule has 0 fully saturated rings. The van der Waals surface area contributed by atoms with E-state index in [2.05, 4.69) is 23.5 Å². The van der Waals surface area contributed by atoms with E-state index in [1.807, 2.05) is 18.2 Å². The molecule has 0 amide bonds. The Morgan fingerprint density at radius 1 is 1.29 bits per heavy atom. The van der Waals surface area contributed by atoms with E-state index in [1.165, 1.54) is 5.56 Å². The van der Waals surface area contributed by atoms with E-state index in [9.17, 15) is 0 Å². The number of rotatable bonds is 3. The number of benzene rings is 1. The third-order valence-corrected chi connectivity index (χ3v) is 2.73. The van der Waals surface area contributed by atoms with Crippen LogP contribution in [0.4, 0.5) is 0 Å². The molecular formula is C12H14ClN. The van der Waals surface area contributed by atoms with Gasteiger partial charge in [0.25, 0.3) is 0 Å². The molecule has 0 bridgehead atoms. The lowest BCUT2D eigenvalue weighted by molar-refractivity contribution is 0.538. The predicted octanol–water partition coefficient (Wildman–Crippen LogP) is 3.15. The van der Waals surface area contributed by atoms with Crippen molar-refractivity contribution in [1.82, 2.24) is 5.32 Å². The molecular weight excluding hydrogens is 194 g/mol. The minimum Gasteiger partial charge on any atom is -0.309 e. The molecule has 0 saturated heterocycles. The molecule has 0 heterocycles. The van der Waals surface area contributed by atoms with Gasteiger partial charge in [0.1, 0.15) is 0 Å². The molecule has 0 unspecified atom stereocenters. The molecule has 0 aromatic heterocycles. The highest BCUT2D eigenvalue weighted by atomic mass is 35.5. The number of hydrogen-bond acceptors (Lipinski definition) is 1. The summed E-state index contributed by atoms with van der Waals surface area (Å²) in [5.74, 6) is 0. The van der Waals surface area contributed by atoms with Crippen molar-refractivity contribution in [2.75, 3.05) is 0 Å². The van der Waals surface area contributed by atoms with Crippen LogP contribution in [0.15, 0.2) is 36.4 Å². The molecule has 1 aromatic rings. The molecule has 14 heavy (non-hydrogen) atoms. The second kappa shape index (κ2) is 4.63. The Kier molecular flexibility index (Phi) is 3.22. The maximum absolute atomic E-state index is 5.90. The molecule has 74 valence electrons. The van der Waals surface area contributed by atoms with Crippen molar-refractivity contribution < 1.29 is 0 Å². The van der Waals surface area contributed by atoms with Crippen molar-refractivity contribution in [3.05, 3.63) is 47.0 Å². The quantitative estimate of drug-likeness (QED) is 0.751. The zero-order chi connectivity index (χ0) is 9.80. The van der Waals surface area contributed by atoms with Gasteiger partial charge in [0.2, 0.25) is 0 Å². The summed E-state index contributed by atoms with van der Waals surface area (Å²) in [6, 6.07) is 8.63. The van der Waals surface area contributed by atoms with E-state index < -0.39 is 0 Å². The van der Waals surface area contributed by atoms with Crippen LogP contribution in [-0.4, -0.2) is 6.04 Å². The molecule has 2 heteroatoms. The standard InChI is InChI=1S/C12H14ClN/c13-11-5-3-4-10(8-11)9-14-12-6-1-2-7-12/h1-5,8,12,14H,6-7,9H2. The molecule has 2 rings (SSSR count). The SMILES string of the molecule is Clc1cccc(CNC2CC=CC2)c1. The first kappa shape index (κ1) is 9.75. The van der Waals surface area contributed by atoms with Gasteiger partial charge in [0.05, 0.1) is 0 Å². The molecule has 0 radical (unpaired) electrons. The van der Waals surface area contributed by atoms with Crippen LogP contribution in [0, 0.1) is 0 Å². The van der Waals surface area contributed by atoms with Crippen LogP contribution in [0.3, 0.4) is 0 Å². The molecule has 0 aliphatic heterocycles. The Morgan fingerprint density at radius 2 is 2.07 bits per heavy atom. The zero-order valence-electron chi connectivity index (χ0n) is 8.04. The topological polar surface area (TPSA) is 12.0 Å². The van der Waals surface area contributed by atoms with Crippen molar-refractivity contribution >= 4 is 11.6 Å². The minimum atomic E-state index is 0.619. The Hall–Kier alpha value is -0.790. The van der Waals surface area contributed by atoms with Crippen molar-refractivity contribution in [1.29, 1.82) is 0 Å². The fourth-order valence-electron chi connectivity index (χ4n) is 1.69. The lowest BCUT2D eigenvalue weighted by Crippen LogP contribution is -2.25. The van der Waals surface area contributed by atoms with Crippen LogP contribution >= 0.6 is 11.6 Å². The Bertz CT molecular complexity index is 325. The third-order valence-electron chi connectivity index (χ3n) is 2.49. The van der Waals surface area contributed by atoms with Gasteiger partial charge < -0.3 is 5.32 Å². The molecule has 1 aliphatic rings. The molecule has 1 N–H and O–H groups in total. The van der Waals surface area contributed by atoms with E-state index in [-0.39, 0.29) is 0 Å². The summed E-state index contributed by atoms with van der Waals surface area (Å²) < 4.78 is 0. The molecule has 1 aliphatic carbocycles. The first-order valence-corrected chi connectivity index (χ1v) is 5.35. The van der Waals surface area contributed by atoms with Crippen LogP contribution < -0.4 is 5.32 Å². The van der Waals surface area contributed by atoms with Gasteiger partial charge >= 0.3 is 0 Å². The van der Waals surface area contributed by atoms with Gasteiger partial charge in [0, 0.05) is 17.6 Å². The van der Waals surface area contributed by atoms with Crippen LogP contribution in [0.25, 0.3) is 0 Å². The fourth-order valence-corrected chi connectivity index (χ4v) is 1.91. The summed E-state index contributed by atoms with van der Waals surface area (Å²) in [5.41, 5.74) is 1.25. The zero-order valence-corrected chi connectivity index (χ0v) is 8.80. The van der Waals surface area contributed by atoms with Crippen molar-refractivity contribution in [3.8, 4) is 0 Å². The van der Waals surface area contributed by atoms with Crippen LogP contribution in [0.2, 0.25) is 5.02 Å². The maximum atomic E-state index is 5.90. The Morgan fingerprint density at radius 3 is 2.79 bits per heavy atom. The first-order valence-electron chi connectivity index (χ1n) is 4.97. The van der Waals surface area contributed by atoms with Gasteiger partial charge in [-0.15, -0.1) is 0 Å². The third kappa shape index (κ3) is 2.60. The summed E-state index contributed by atoms with van der Waals surface area (Å²) in [6.45, 7) is 0.910. The van der Waals surface area contributed by atoms with Crippen molar-refractivity contribution in [3.63, 3.8) is 0 Å². The molecule has 0 saturated carbocycles. The highest BCUT2D eigenvalue weighted by Crippen LogP contribution is 2.13. The largest absolute Gasteiger partial charge is 0.309 e. The summed E-state index contributed by atoms with van der Waals surface area (Å²) in [6.07, 6.45) is 6.77. The van der Waals surface area contributed by atoms with E-state index >= 15 is 0 Å². The Balaban J connectivity index is 1.85. The first-order chi connectivity index (χ1) is 6.84. The lowest BCUT2D eigenvalue weighted by Gasteiger charge is -2.11. The lowest BCUT2D eigenvalue weighted by atomic mass is 10.2. The average molecular weight is 208 g/mol. The van der Waals surface area contributed by atoms with Crippen molar-refractivity contribution in [2.24, 2.45) is 0 Å². The molecule has 1 nitrogen and oxygen atoms in total. The summed E-state index contributed by atoms with van der Waals surface area (Å²) in [7, 11) is 0. The highest BCUT2D eigenvalue weighted by Gasteiger charge is 2.08. The van der Waals surface area contributed by atoms with Gasteiger partial charge in [-0.2, -0.15) is 0 Å². The summed E-state index contributed by atoms with van der Waals surface area (Å²) in [4.78, 5) is 0.